The van der Waals surface area contributed by atoms with E-state index in [1.54, 1.807) is 0 Å². The molecule has 0 aromatic carbocycles. The van der Waals surface area contributed by atoms with Crippen molar-refractivity contribution in [2.24, 2.45) is 17.8 Å². The molecule has 0 radical (unpaired) electrons. The molecule has 4 unspecified atom stereocenters. The van der Waals surface area contributed by atoms with Crippen LogP contribution < -0.4 is 5.32 Å². The maximum absolute atomic E-state index is 12.8. The average molecular weight is 280 g/mol. The largest absolute Gasteiger partial charge is 0.379 e. The average Bonchev–Trinajstić information content (AvgIpc) is 2.94. The molecule has 2 aliphatic heterocycles. The molecular weight excluding hydrogens is 252 g/mol. The SMILES string of the molecule is CCNC1COCC1C(=O)N1CCC2CCCCC2C1. The van der Waals surface area contributed by atoms with Gasteiger partial charge in [-0.05, 0) is 31.2 Å². The number of hydrogen-bond acceptors (Lipinski definition) is 3. The highest BCUT2D eigenvalue weighted by Crippen LogP contribution is 2.36. The van der Waals surface area contributed by atoms with Gasteiger partial charge in [0.2, 0.25) is 5.91 Å². The number of ether oxygens (including phenoxy) is 1. The standard InChI is InChI=1S/C16H28N2O2/c1-2-17-15-11-20-10-14(15)16(19)18-8-7-12-5-3-4-6-13(12)9-18/h12-15,17H,2-11H2,1H3. The molecule has 4 atom stereocenters. The smallest absolute Gasteiger partial charge is 0.229 e. The zero-order valence-electron chi connectivity index (χ0n) is 12.6. The summed E-state index contributed by atoms with van der Waals surface area (Å²) < 4.78 is 5.53. The molecule has 0 spiro atoms. The lowest BCUT2D eigenvalue weighted by Crippen LogP contribution is -2.50. The zero-order chi connectivity index (χ0) is 13.9. The van der Waals surface area contributed by atoms with Gasteiger partial charge in [0.1, 0.15) is 0 Å². The summed E-state index contributed by atoms with van der Waals surface area (Å²) in [6.45, 7) is 6.25. The maximum Gasteiger partial charge on any atom is 0.229 e. The molecule has 4 heteroatoms. The summed E-state index contributed by atoms with van der Waals surface area (Å²) in [5.41, 5.74) is 0. The van der Waals surface area contributed by atoms with Gasteiger partial charge in [-0.15, -0.1) is 0 Å². The summed E-state index contributed by atoms with van der Waals surface area (Å²) in [7, 11) is 0. The van der Waals surface area contributed by atoms with Gasteiger partial charge in [-0.1, -0.05) is 26.2 Å². The third-order valence-electron chi connectivity index (χ3n) is 5.47. The van der Waals surface area contributed by atoms with Crippen molar-refractivity contribution >= 4 is 5.91 Å². The van der Waals surface area contributed by atoms with Crippen molar-refractivity contribution in [3.8, 4) is 0 Å². The second-order valence-electron chi connectivity index (χ2n) is 6.69. The Labute approximate surface area is 122 Å². The van der Waals surface area contributed by atoms with Crippen LogP contribution >= 0.6 is 0 Å². The Morgan fingerprint density at radius 2 is 2.00 bits per heavy atom. The van der Waals surface area contributed by atoms with E-state index in [1.165, 1.54) is 32.1 Å². The monoisotopic (exact) mass is 280 g/mol. The molecule has 1 N–H and O–H groups in total. The molecule has 1 aliphatic carbocycles. The predicted molar refractivity (Wildman–Crippen MR) is 78.4 cm³/mol. The first-order valence-electron chi connectivity index (χ1n) is 8.39. The normalized spacial score (nSPS) is 37.8. The van der Waals surface area contributed by atoms with Crippen LogP contribution in [-0.4, -0.2) is 49.7 Å². The van der Waals surface area contributed by atoms with E-state index in [0.29, 0.717) is 19.1 Å². The lowest BCUT2D eigenvalue weighted by atomic mass is 9.75. The number of hydrogen-bond donors (Lipinski definition) is 1. The fourth-order valence-electron chi connectivity index (χ4n) is 4.30. The zero-order valence-corrected chi connectivity index (χ0v) is 12.6. The van der Waals surface area contributed by atoms with Gasteiger partial charge in [0.25, 0.3) is 0 Å². The molecule has 114 valence electrons. The van der Waals surface area contributed by atoms with Gasteiger partial charge >= 0.3 is 0 Å². The van der Waals surface area contributed by atoms with Crippen LogP contribution in [0.25, 0.3) is 0 Å². The second-order valence-corrected chi connectivity index (χ2v) is 6.69. The molecule has 1 saturated carbocycles. The van der Waals surface area contributed by atoms with E-state index in [1.807, 2.05) is 0 Å². The minimum absolute atomic E-state index is 0.0371. The quantitative estimate of drug-likeness (QED) is 0.854. The Hall–Kier alpha value is -0.610. The van der Waals surface area contributed by atoms with Crippen LogP contribution in [0.5, 0.6) is 0 Å². The Balaban J connectivity index is 1.59. The molecular formula is C16H28N2O2. The van der Waals surface area contributed by atoms with Gasteiger partial charge in [-0.2, -0.15) is 0 Å². The lowest BCUT2D eigenvalue weighted by molar-refractivity contribution is -0.139. The van der Waals surface area contributed by atoms with E-state index in [9.17, 15) is 4.79 Å². The first kappa shape index (κ1) is 14.3. The van der Waals surface area contributed by atoms with Crippen LogP contribution in [-0.2, 0) is 9.53 Å². The number of piperidine rings is 1. The molecule has 1 amide bonds. The van der Waals surface area contributed by atoms with Gasteiger partial charge in [0.15, 0.2) is 0 Å². The summed E-state index contributed by atoms with van der Waals surface area (Å²) in [6, 6.07) is 0.219. The van der Waals surface area contributed by atoms with Crippen LogP contribution in [0.1, 0.15) is 39.0 Å². The van der Waals surface area contributed by atoms with E-state index < -0.39 is 0 Å². The summed E-state index contributed by atoms with van der Waals surface area (Å²) >= 11 is 0. The van der Waals surface area contributed by atoms with Crippen molar-refractivity contribution in [1.29, 1.82) is 0 Å². The van der Waals surface area contributed by atoms with Crippen molar-refractivity contribution in [2.45, 2.75) is 45.1 Å². The van der Waals surface area contributed by atoms with Crippen LogP contribution in [0.3, 0.4) is 0 Å². The number of carbonyl (C=O) groups excluding carboxylic acids is 1. The molecule has 4 nitrogen and oxygen atoms in total. The highest BCUT2D eigenvalue weighted by Gasteiger charge is 2.39. The van der Waals surface area contributed by atoms with Gasteiger partial charge in [0.05, 0.1) is 19.1 Å². The number of likely N-dealkylation sites (N-methyl/N-ethyl adjacent to an activating group) is 1. The fraction of sp³-hybridized carbons (Fsp3) is 0.938. The summed E-state index contributed by atoms with van der Waals surface area (Å²) in [5, 5.41) is 3.40. The third-order valence-corrected chi connectivity index (χ3v) is 5.47. The van der Waals surface area contributed by atoms with Crippen LogP contribution in [0.15, 0.2) is 0 Å². The number of fused-ring (bicyclic) bond motifs is 1. The highest BCUT2D eigenvalue weighted by molar-refractivity contribution is 5.80. The van der Waals surface area contributed by atoms with E-state index >= 15 is 0 Å². The van der Waals surface area contributed by atoms with E-state index in [2.05, 4.69) is 17.1 Å². The van der Waals surface area contributed by atoms with E-state index in [0.717, 1.165) is 31.5 Å². The maximum atomic E-state index is 12.8. The number of amides is 1. The lowest BCUT2D eigenvalue weighted by Gasteiger charge is -2.42. The summed E-state index contributed by atoms with van der Waals surface area (Å²) in [4.78, 5) is 14.9. The number of carbonyl (C=O) groups is 1. The van der Waals surface area contributed by atoms with Gasteiger partial charge in [-0.3, -0.25) is 4.79 Å². The number of likely N-dealkylation sites (tertiary alicyclic amines) is 1. The first-order chi connectivity index (χ1) is 9.79. The van der Waals surface area contributed by atoms with E-state index in [-0.39, 0.29) is 12.0 Å². The summed E-state index contributed by atoms with van der Waals surface area (Å²) in [6.07, 6.45) is 6.69. The molecule has 3 aliphatic rings. The molecule has 20 heavy (non-hydrogen) atoms. The van der Waals surface area contributed by atoms with Crippen LogP contribution in [0.4, 0.5) is 0 Å². The summed E-state index contributed by atoms with van der Waals surface area (Å²) in [5.74, 6) is 2.02. The minimum Gasteiger partial charge on any atom is -0.379 e. The van der Waals surface area contributed by atoms with Crippen LogP contribution in [0, 0.1) is 17.8 Å². The molecule has 0 aromatic heterocycles. The minimum atomic E-state index is 0.0371. The van der Waals surface area contributed by atoms with E-state index in [4.69, 9.17) is 4.74 Å². The van der Waals surface area contributed by atoms with Gasteiger partial charge in [0, 0.05) is 19.1 Å². The fourth-order valence-corrected chi connectivity index (χ4v) is 4.30. The second kappa shape index (κ2) is 6.44. The molecule has 2 heterocycles. The number of nitrogens with zero attached hydrogens (tertiary/aromatic N) is 1. The van der Waals surface area contributed by atoms with Crippen molar-refractivity contribution in [3.63, 3.8) is 0 Å². The predicted octanol–water partition coefficient (Wildman–Crippen LogP) is 1.65. The molecule has 0 aromatic rings. The third kappa shape index (κ3) is 2.86. The van der Waals surface area contributed by atoms with Crippen molar-refractivity contribution in [2.75, 3.05) is 32.8 Å². The first-order valence-corrected chi connectivity index (χ1v) is 8.39. The molecule has 3 fully saturated rings. The van der Waals surface area contributed by atoms with Gasteiger partial charge in [-0.25, -0.2) is 0 Å². The Kier molecular flexibility index (Phi) is 4.61. The van der Waals surface area contributed by atoms with Crippen molar-refractivity contribution < 1.29 is 9.53 Å². The molecule has 2 saturated heterocycles. The molecule has 3 rings (SSSR count). The number of nitrogens with one attached hydrogen (secondary N) is 1. The highest BCUT2D eigenvalue weighted by atomic mass is 16.5. The van der Waals surface area contributed by atoms with Crippen molar-refractivity contribution in [3.05, 3.63) is 0 Å². The van der Waals surface area contributed by atoms with Crippen molar-refractivity contribution in [1.82, 2.24) is 10.2 Å². The topological polar surface area (TPSA) is 41.6 Å². The Bertz CT molecular complexity index is 347. The molecule has 0 bridgehead atoms. The van der Waals surface area contributed by atoms with Crippen LogP contribution in [0.2, 0.25) is 0 Å². The Morgan fingerprint density at radius 1 is 1.20 bits per heavy atom. The number of rotatable bonds is 3. The Morgan fingerprint density at radius 3 is 2.80 bits per heavy atom. The van der Waals surface area contributed by atoms with Gasteiger partial charge < -0.3 is 15.0 Å².